The molecule has 0 fully saturated rings. The third kappa shape index (κ3) is 2.83. The number of nitrogens with two attached hydrogens (primary N) is 1. The van der Waals surface area contributed by atoms with Gasteiger partial charge in [-0.3, -0.25) is 0 Å². The van der Waals surface area contributed by atoms with Crippen LogP contribution >= 0.6 is 0 Å². The van der Waals surface area contributed by atoms with E-state index in [9.17, 15) is 13.2 Å². The van der Waals surface area contributed by atoms with Crippen LogP contribution in [0.2, 0.25) is 0 Å². The number of nitrogen functional groups attached to an aromatic ring is 1. The molecule has 0 spiro atoms. The highest BCUT2D eigenvalue weighted by Gasteiger charge is 2.32. The molecule has 0 aliphatic carbocycles. The normalized spacial score (nSPS) is 13.2. The molecule has 0 aliphatic rings. The van der Waals surface area contributed by atoms with Gasteiger partial charge in [0.2, 0.25) is 0 Å². The predicted octanol–water partition coefficient (Wildman–Crippen LogP) is 3.48. The number of fused-ring (bicyclic) bond motifs is 1. The van der Waals surface area contributed by atoms with Crippen molar-refractivity contribution < 1.29 is 13.2 Å². The Bertz CT molecular complexity index is 606. The fourth-order valence-electron chi connectivity index (χ4n) is 2.06. The molecule has 0 radical (unpaired) electrons. The Hall–Kier alpha value is -1.72. The average Bonchev–Trinajstić information content (AvgIpc) is 2.53. The van der Waals surface area contributed by atoms with Crippen molar-refractivity contribution in [2.75, 3.05) is 5.73 Å². The lowest BCUT2D eigenvalue weighted by molar-refractivity contribution is -0.140. The van der Waals surface area contributed by atoms with E-state index in [0.717, 1.165) is 0 Å². The number of halogens is 3. The van der Waals surface area contributed by atoms with E-state index < -0.39 is 18.1 Å². The first-order valence-electron chi connectivity index (χ1n) is 5.91. The molecule has 1 heterocycles. The number of rotatable bonds is 1. The standard InChI is InChI=1S/C13H16F3N3/c1-12(2,3)11-18-9-6-8(17)4-5-10(9)19(11)7-13(14,15)16/h4-6H,7,17H2,1-3H3. The molecule has 2 aromatic rings. The van der Waals surface area contributed by atoms with Crippen LogP contribution in [0.1, 0.15) is 26.6 Å². The smallest absolute Gasteiger partial charge is 0.399 e. The largest absolute Gasteiger partial charge is 0.406 e. The van der Waals surface area contributed by atoms with Crippen molar-refractivity contribution in [3.05, 3.63) is 24.0 Å². The number of hydrogen-bond donors (Lipinski definition) is 1. The number of alkyl halides is 3. The summed E-state index contributed by atoms with van der Waals surface area (Å²) in [6, 6.07) is 4.76. The van der Waals surface area contributed by atoms with Crippen LogP contribution in [0.4, 0.5) is 18.9 Å². The Kier molecular flexibility index (Phi) is 2.99. The minimum Gasteiger partial charge on any atom is -0.399 e. The summed E-state index contributed by atoms with van der Waals surface area (Å²) in [5, 5.41) is 0. The number of imidazole rings is 1. The van der Waals surface area contributed by atoms with E-state index in [0.29, 0.717) is 22.5 Å². The van der Waals surface area contributed by atoms with Gasteiger partial charge >= 0.3 is 6.18 Å². The first-order chi connectivity index (χ1) is 8.58. The quantitative estimate of drug-likeness (QED) is 0.807. The highest BCUT2D eigenvalue weighted by atomic mass is 19.4. The molecule has 1 aromatic carbocycles. The lowest BCUT2D eigenvalue weighted by Crippen LogP contribution is -2.25. The van der Waals surface area contributed by atoms with Gasteiger partial charge < -0.3 is 10.3 Å². The van der Waals surface area contributed by atoms with Crippen molar-refractivity contribution in [3.63, 3.8) is 0 Å². The Balaban J connectivity index is 2.69. The molecule has 3 nitrogen and oxygen atoms in total. The van der Waals surface area contributed by atoms with Gasteiger partial charge in [0, 0.05) is 11.1 Å². The highest BCUT2D eigenvalue weighted by Crippen LogP contribution is 2.30. The second kappa shape index (κ2) is 4.15. The van der Waals surface area contributed by atoms with Crippen LogP contribution < -0.4 is 5.73 Å². The molecule has 0 saturated heterocycles. The summed E-state index contributed by atoms with van der Waals surface area (Å²) >= 11 is 0. The van der Waals surface area contributed by atoms with Gasteiger partial charge in [0.1, 0.15) is 12.4 Å². The third-order valence-corrected chi connectivity index (χ3v) is 2.78. The van der Waals surface area contributed by atoms with Crippen LogP contribution in [-0.4, -0.2) is 15.7 Å². The molecule has 0 bridgehead atoms. The van der Waals surface area contributed by atoms with Gasteiger partial charge in [-0.2, -0.15) is 13.2 Å². The van der Waals surface area contributed by atoms with Crippen molar-refractivity contribution >= 4 is 16.7 Å². The molecule has 0 atom stereocenters. The van der Waals surface area contributed by atoms with Crippen LogP contribution in [0.15, 0.2) is 18.2 Å². The van der Waals surface area contributed by atoms with Gasteiger partial charge in [-0.1, -0.05) is 20.8 Å². The van der Waals surface area contributed by atoms with E-state index in [2.05, 4.69) is 4.98 Å². The maximum Gasteiger partial charge on any atom is 0.406 e. The van der Waals surface area contributed by atoms with Crippen molar-refractivity contribution in [1.82, 2.24) is 9.55 Å². The maximum atomic E-state index is 12.7. The van der Waals surface area contributed by atoms with Crippen molar-refractivity contribution in [3.8, 4) is 0 Å². The second-order valence-electron chi connectivity index (χ2n) is 5.63. The van der Waals surface area contributed by atoms with Gasteiger partial charge in [-0.25, -0.2) is 4.98 Å². The SMILES string of the molecule is CC(C)(C)c1nc2cc(N)ccc2n1CC(F)(F)F. The zero-order chi connectivity index (χ0) is 14.4. The summed E-state index contributed by atoms with van der Waals surface area (Å²) in [6.07, 6.45) is -4.28. The summed E-state index contributed by atoms with van der Waals surface area (Å²) < 4.78 is 39.4. The molecule has 2 rings (SSSR count). The van der Waals surface area contributed by atoms with E-state index in [1.54, 1.807) is 18.2 Å². The molecule has 104 valence electrons. The Morgan fingerprint density at radius 2 is 1.84 bits per heavy atom. The summed E-state index contributed by atoms with van der Waals surface area (Å²) in [4.78, 5) is 4.31. The monoisotopic (exact) mass is 271 g/mol. The minimum absolute atomic E-state index is 0.408. The zero-order valence-electron chi connectivity index (χ0n) is 11.0. The first kappa shape index (κ1) is 13.7. The first-order valence-corrected chi connectivity index (χ1v) is 5.91. The highest BCUT2D eigenvalue weighted by molar-refractivity contribution is 5.80. The van der Waals surface area contributed by atoms with Gasteiger partial charge in [-0.05, 0) is 18.2 Å². The van der Waals surface area contributed by atoms with E-state index >= 15 is 0 Å². The molecule has 2 N–H and O–H groups in total. The molecule has 0 saturated carbocycles. The number of aromatic nitrogens is 2. The summed E-state index contributed by atoms with van der Waals surface area (Å²) in [5.74, 6) is 0.408. The topological polar surface area (TPSA) is 43.8 Å². The van der Waals surface area contributed by atoms with Crippen molar-refractivity contribution in [2.24, 2.45) is 0 Å². The van der Waals surface area contributed by atoms with E-state index in [1.807, 2.05) is 20.8 Å². The molecule has 0 amide bonds. The third-order valence-electron chi connectivity index (χ3n) is 2.78. The Morgan fingerprint density at radius 1 is 1.21 bits per heavy atom. The van der Waals surface area contributed by atoms with E-state index in [1.165, 1.54) is 4.57 Å². The second-order valence-corrected chi connectivity index (χ2v) is 5.63. The lowest BCUT2D eigenvalue weighted by Gasteiger charge is -2.21. The van der Waals surface area contributed by atoms with Gasteiger partial charge in [-0.15, -0.1) is 0 Å². The number of benzene rings is 1. The van der Waals surface area contributed by atoms with Crippen LogP contribution in [0.5, 0.6) is 0 Å². The lowest BCUT2D eigenvalue weighted by atomic mass is 9.95. The summed E-state index contributed by atoms with van der Waals surface area (Å²) in [5.41, 5.74) is 6.61. The van der Waals surface area contributed by atoms with Gasteiger partial charge in [0.25, 0.3) is 0 Å². The fourth-order valence-corrected chi connectivity index (χ4v) is 2.06. The minimum atomic E-state index is -4.28. The predicted molar refractivity (Wildman–Crippen MR) is 68.9 cm³/mol. The van der Waals surface area contributed by atoms with Gasteiger partial charge in [0.15, 0.2) is 0 Å². The molecule has 0 unspecified atom stereocenters. The van der Waals surface area contributed by atoms with Gasteiger partial charge in [0.05, 0.1) is 11.0 Å². The Morgan fingerprint density at radius 3 is 2.37 bits per heavy atom. The number of nitrogens with zero attached hydrogens (tertiary/aromatic N) is 2. The van der Waals surface area contributed by atoms with Crippen molar-refractivity contribution in [1.29, 1.82) is 0 Å². The maximum absolute atomic E-state index is 12.7. The van der Waals surface area contributed by atoms with Crippen LogP contribution in [0.3, 0.4) is 0 Å². The number of anilines is 1. The van der Waals surface area contributed by atoms with E-state index in [-0.39, 0.29) is 0 Å². The average molecular weight is 271 g/mol. The van der Waals surface area contributed by atoms with Crippen LogP contribution in [-0.2, 0) is 12.0 Å². The number of hydrogen-bond acceptors (Lipinski definition) is 2. The summed E-state index contributed by atoms with van der Waals surface area (Å²) in [6.45, 7) is 4.47. The molecule has 1 aromatic heterocycles. The van der Waals surface area contributed by atoms with Crippen LogP contribution in [0, 0.1) is 0 Å². The molecular formula is C13H16F3N3. The molecule has 19 heavy (non-hydrogen) atoms. The summed E-state index contributed by atoms with van der Waals surface area (Å²) in [7, 11) is 0. The zero-order valence-corrected chi connectivity index (χ0v) is 11.0. The van der Waals surface area contributed by atoms with Crippen molar-refractivity contribution in [2.45, 2.75) is 38.9 Å². The van der Waals surface area contributed by atoms with E-state index in [4.69, 9.17) is 5.73 Å². The van der Waals surface area contributed by atoms with Crippen LogP contribution in [0.25, 0.3) is 11.0 Å². The molecular weight excluding hydrogens is 255 g/mol. The fraction of sp³-hybridized carbons (Fsp3) is 0.462. The molecule has 0 aliphatic heterocycles. The molecule has 6 heteroatoms. The Labute approximate surface area is 109 Å².